The molecule has 1 aliphatic heterocycles. The summed E-state index contributed by atoms with van der Waals surface area (Å²) in [6.45, 7) is 1.86. The first-order valence-corrected chi connectivity index (χ1v) is 5.58. The lowest BCUT2D eigenvalue weighted by atomic mass is 10.2. The van der Waals surface area contributed by atoms with E-state index in [1.54, 1.807) is 11.8 Å². The van der Waals surface area contributed by atoms with Crippen molar-refractivity contribution < 1.29 is 4.79 Å². The second kappa shape index (κ2) is 5.13. The highest BCUT2D eigenvalue weighted by molar-refractivity contribution is 8.00. The van der Waals surface area contributed by atoms with Crippen LogP contribution in [0.4, 0.5) is 0 Å². The first-order valence-electron chi connectivity index (χ1n) is 4.53. The lowest BCUT2D eigenvalue weighted by Gasteiger charge is -2.13. The Morgan fingerprint density at radius 3 is 3.15 bits per heavy atom. The number of nitrogens with zero attached hydrogens (tertiary/aromatic N) is 1. The Labute approximate surface area is 82.9 Å². The van der Waals surface area contributed by atoms with Crippen LogP contribution in [0.3, 0.4) is 0 Å². The van der Waals surface area contributed by atoms with Gasteiger partial charge in [-0.1, -0.05) is 0 Å². The van der Waals surface area contributed by atoms with Crippen molar-refractivity contribution in [1.29, 1.82) is 5.26 Å². The third-order valence-corrected chi connectivity index (χ3v) is 3.38. The van der Waals surface area contributed by atoms with Gasteiger partial charge in [-0.2, -0.15) is 5.26 Å². The molecule has 1 amide bonds. The van der Waals surface area contributed by atoms with Crippen molar-refractivity contribution in [3.8, 4) is 6.07 Å². The minimum atomic E-state index is -0.0151. The van der Waals surface area contributed by atoms with Crippen molar-refractivity contribution in [3.63, 3.8) is 0 Å². The summed E-state index contributed by atoms with van der Waals surface area (Å²) >= 11 is 1.72. The molecule has 1 saturated heterocycles. The van der Waals surface area contributed by atoms with Crippen LogP contribution in [0.5, 0.6) is 0 Å². The standard InChI is InChI=1S/C9H14N2OS/c1-7(4-5-10)11-9(12)8-3-2-6-13-8/h7-8H,2-4,6H2,1H3,(H,11,12). The van der Waals surface area contributed by atoms with Gasteiger partial charge in [0.05, 0.1) is 17.7 Å². The largest absolute Gasteiger partial charge is 0.352 e. The second-order valence-electron chi connectivity index (χ2n) is 3.27. The molecule has 13 heavy (non-hydrogen) atoms. The number of hydrogen-bond donors (Lipinski definition) is 1. The molecule has 0 aromatic rings. The van der Waals surface area contributed by atoms with E-state index in [1.165, 1.54) is 0 Å². The summed E-state index contributed by atoms with van der Waals surface area (Å²) in [4.78, 5) is 11.5. The number of rotatable bonds is 3. The minimum Gasteiger partial charge on any atom is -0.352 e. The first-order chi connectivity index (χ1) is 6.24. The van der Waals surface area contributed by atoms with E-state index in [2.05, 4.69) is 5.32 Å². The zero-order chi connectivity index (χ0) is 9.68. The monoisotopic (exact) mass is 198 g/mol. The van der Waals surface area contributed by atoms with E-state index < -0.39 is 0 Å². The number of hydrogen-bond acceptors (Lipinski definition) is 3. The van der Waals surface area contributed by atoms with Crippen molar-refractivity contribution in [2.45, 2.75) is 37.5 Å². The lowest BCUT2D eigenvalue weighted by Crippen LogP contribution is -2.37. The van der Waals surface area contributed by atoms with Gasteiger partial charge in [-0.05, 0) is 25.5 Å². The van der Waals surface area contributed by atoms with Gasteiger partial charge in [0.2, 0.25) is 5.91 Å². The molecule has 1 fully saturated rings. The Morgan fingerprint density at radius 2 is 2.62 bits per heavy atom. The van der Waals surface area contributed by atoms with Gasteiger partial charge < -0.3 is 5.32 Å². The summed E-state index contributed by atoms with van der Waals surface area (Å²) in [7, 11) is 0. The molecule has 3 nitrogen and oxygen atoms in total. The summed E-state index contributed by atoms with van der Waals surface area (Å²) in [5.41, 5.74) is 0. The quantitative estimate of drug-likeness (QED) is 0.743. The Kier molecular flexibility index (Phi) is 4.10. The normalized spacial score (nSPS) is 23.5. The molecule has 2 atom stereocenters. The summed E-state index contributed by atoms with van der Waals surface area (Å²) < 4.78 is 0. The number of nitrogens with one attached hydrogen (secondary N) is 1. The van der Waals surface area contributed by atoms with Gasteiger partial charge in [0, 0.05) is 6.04 Å². The molecule has 0 saturated carbocycles. The first kappa shape index (κ1) is 10.4. The van der Waals surface area contributed by atoms with E-state index >= 15 is 0 Å². The van der Waals surface area contributed by atoms with E-state index in [0.29, 0.717) is 6.42 Å². The van der Waals surface area contributed by atoms with E-state index in [9.17, 15) is 4.79 Å². The highest BCUT2D eigenvalue weighted by Gasteiger charge is 2.23. The molecule has 0 radical (unpaired) electrons. The molecule has 1 rings (SSSR count). The molecular weight excluding hydrogens is 184 g/mol. The van der Waals surface area contributed by atoms with Gasteiger partial charge in [-0.15, -0.1) is 11.8 Å². The van der Waals surface area contributed by atoms with Crippen LogP contribution < -0.4 is 5.32 Å². The van der Waals surface area contributed by atoms with Crippen LogP contribution in [0.1, 0.15) is 26.2 Å². The summed E-state index contributed by atoms with van der Waals surface area (Å²) in [5, 5.41) is 11.4. The fourth-order valence-corrected chi connectivity index (χ4v) is 2.48. The van der Waals surface area contributed by atoms with Gasteiger partial charge in [0.1, 0.15) is 0 Å². The van der Waals surface area contributed by atoms with Gasteiger partial charge in [0.15, 0.2) is 0 Å². The molecule has 0 bridgehead atoms. The maximum atomic E-state index is 11.5. The van der Waals surface area contributed by atoms with E-state index in [4.69, 9.17) is 5.26 Å². The number of thioether (sulfide) groups is 1. The number of amides is 1. The zero-order valence-electron chi connectivity index (χ0n) is 7.75. The Bertz CT molecular complexity index is 218. The topological polar surface area (TPSA) is 52.9 Å². The fraction of sp³-hybridized carbons (Fsp3) is 0.778. The zero-order valence-corrected chi connectivity index (χ0v) is 8.56. The molecule has 1 N–H and O–H groups in total. The van der Waals surface area contributed by atoms with Crippen molar-refractivity contribution in [3.05, 3.63) is 0 Å². The van der Waals surface area contributed by atoms with Crippen LogP contribution in [0.15, 0.2) is 0 Å². The molecule has 2 unspecified atom stereocenters. The van der Waals surface area contributed by atoms with Gasteiger partial charge in [-0.3, -0.25) is 4.79 Å². The maximum absolute atomic E-state index is 11.5. The third kappa shape index (κ3) is 3.27. The molecule has 0 spiro atoms. The Balaban J connectivity index is 2.28. The molecule has 0 aliphatic carbocycles. The van der Waals surface area contributed by atoms with Crippen molar-refractivity contribution in [2.24, 2.45) is 0 Å². The van der Waals surface area contributed by atoms with E-state index in [0.717, 1.165) is 18.6 Å². The van der Waals surface area contributed by atoms with Crippen LogP contribution in [-0.4, -0.2) is 23.0 Å². The van der Waals surface area contributed by atoms with Crippen LogP contribution in [0.25, 0.3) is 0 Å². The fourth-order valence-electron chi connectivity index (χ4n) is 1.31. The van der Waals surface area contributed by atoms with Crippen LogP contribution in [0, 0.1) is 11.3 Å². The average molecular weight is 198 g/mol. The molecular formula is C9H14N2OS. The molecule has 1 heterocycles. The highest BCUT2D eigenvalue weighted by Crippen LogP contribution is 2.26. The van der Waals surface area contributed by atoms with Gasteiger partial charge >= 0.3 is 0 Å². The Morgan fingerprint density at radius 1 is 1.85 bits per heavy atom. The maximum Gasteiger partial charge on any atom is 0.233 e. The van der Waals surface area contributed by atoms with Crippen molar-refractivity contribution in [1.82, 2.24) is 5.32 Å². The van der Waals surface area contributed by atoms with Crippen molar-refractivity contribution in [2.75, 3.05) is 5.75 Å². The minimum absolute atomic E-state index is 0.0151. The number of carbonyl (C=O) groups is 1. The molecule has 1 aliphatic rings. The van der Waals surface area contributed by atoms with Crippen molar-refractivity contribution >= 4 is 17.7 Å². The smallest absolute Gasteiger partial charge is 0.233 e. The lowest BCUT2D eigenvalue weighted by molar-refractivity contribution is -0.121. The number of carbonyl (C=O) groups excluding carboxylic acids is 1. The highest BCUT2D eigenvalue weighted by atomic mass is 32.2. The molecule has 4 heteroatoms. The van der Waals surface area contributed by atoms with E-state index in [1.807, 2.05) is 13.0 Å². The second-order valence-corrected chi connectivity index (χ2v) is 4.58. The molecule has 0 aromatic heterocycles. The van der Waals surface area contributed by atoms with Crippen LogP contribution in [-0.2, 0) is 4.79 Å². The number of nitriles is 1. The summed E-state index contributed by atoms with van der Waals surface area (Å²) in [5.74, 6) is 1.19. The van der Waals surface area contributed by atoms with E-state index in [-0.39, 0.29) is 17.2 Å². The Hall–Kier alpha value is -0.690. The predicted molar refractivity (Wildman–Crippen MR) is 53.3 cm³/mol. The predicted octanol–water partition coefficient (Wildman–Crippen LogP) is 1.30. The molecule has 72 valence electrons. The SMILES string of the molecule is CC(CC#N)NC(=O)C1CCCS1. The molecule has 0 aromatic carbocycles. The summed E-state index contributed by atoms with van der Waals surface area (Å²) in [6, 6.07) is 2.03. The van der Waals surface area contributed by atoms with Crippen LogP contribution in [0.2, 0.25) is 0 Å². The summed E-state index contributed by atoms with van der Waals surface area (Å²) in [6.07, 6.45) is 2.51. The third-order valence-electron chi connectivity index (χ3n) is 2.01. The van der Waals surface area contributed by atoms with Gasteiger partial charge in [0.25, 0.3) is 0 Å². The average Bonchev–Trinajstić information content (AvgIpc) is 2.55. The van der Waals surface area contributed by atoms with Crippen LogP contribution >= 0.6 is 11.8 Å². The van der Waals surface area contributed by atoms with Gasteiger partial charge in [-0.25, -0.2) is 0 Å².